The number of aromatic nitrogens is 3. The first-order valence-electron chi connectivity index (χ1n) is 9.75. The maximum atomic E-state index is 12.4. The number of hydrogen-bond donors (Lipinski definition) is 3. The lowest BCUT2D eigenvalue weighted by Gasteiger charge is -2.11. The van der Waals surface area contributed by atoms with Gasteiger partial charge in [0.15, 0.2) is 0 Å². The summed E-state index contributed by atoms with van der Waals surface area (Å²) in [5, 5.41) is 15.4. The summed E-state index contributed by atoms with van der Waals surface area (Å²) in [5.41, 5.74) is 4.91. The van der Waals surface area contributed by atoms with E-state index >= 15 is 0 Å². The number of methoxy groups -OCH3 is 3. The number of amides is 1. The molecule has 0 aliphatic carbocycles. The number of anilines is 2. The van der Waals surface area contributed by atoms with Crippen LogP contribution in [-0.2, 0) is 4.79 Å². The Morgan fingerprint density at radius 2 is 1.85 bits per heavy atom. The molecule has 33 heavy (non-hydrogen) atoms. The van der Waals surface area contributed by atoms with Crippen LogP contribution in [0.2, 0.25) is 0 Å². The molecule has 1 aromatic heterocycles. The Labute approximate surface area is 195 Å². The number of benzene rings is 2. The molecule has 0 bridgehead atoms. The van der Waals surface area contributed by atoms with Crippen LogP contribution in [0, 0.1) is 0 Å². The van der Waals surface area contributed by atoms with Crippen molar-refractivity contribution in [2.75, 3.05) is 43.7 Å². The van der Waals surface area contributed by atoms with Gasteiger partial charge in [0.2, 0.25) is 11.1 Å². The van der Waals surface area contributed by atoms with E-state index in [1.165, 1.54) is 11.8 Å². The lowest BCUT2D eigenvalue weighted by atomic mass is 10.1. The number of hydrogen-bond acceptors (Lipinski definition) is 10. The molecule has 0 unspecified atom stereocenters. The maximum Gasteiger partial charge on any atom is 0.264 e. The van der Waals surface area contributed by atoms with Gasteiger partial charge in [0.25, 0.3) is 5.95 Å². The van der Waals surface area contributed by atoms with Gasteiger partial charge in [-0.2, -0.15) is 5.10 Å². The Morgan fingerprint density at radius 1 is 1.09 bits per heavy atom. The molecule has 0 spiro atoms. The molecule has 3 aromatic rings. The minimum Gasteiger partial charge on any atom is -0.497 e. The van der Waals surface area contributed by atoms with Gasteiger partial charge in [-0.25, -0.2) is 10.1 Å². The second-order valence-corrected chi connectivity index (χ2v) is 7.56. The van der Waals surface area contributed by atoms with Crippen LogP contribution in [-0.4, -0.2) is 53.6 Å². The molecular formula is C21H25N7O4S. The summed E-state index contributed by atoms with van der Waals surface area (Å²) in [4.78, 5) is 12.4. The summed E-state index contributed by atoms with van der Waals surface area (Å²) in [6.45, 7) is 1.84. The molecule has 1 amide bonds. The quantitative estimate of drug-likeness (QED) is 0.176. The number of hydrazone groups is 1. The van der Waals surface area contributed by atoms with Crippen molar-refractivity contribution >= 4 is 35.0 Å². The van der Waals surface area contributed by atoms with Crippen molar-refractivity contribution < 1.29 is 19.0 Å². The van der Waals surface area contributed by atoms with E-state index in [0.29, 0.717) is 28.1 Å². The van der Waals surface area contributed by atoms with Crippen LogP contribution in [0.1, 0.15) is 12.5 Å². The molecule has 2 aromatic carbocycles. The summed E-state index contributed by atoms with van der Waals surface area (Å²) >= 11 is 1.13. The third-order valence-electron chi connectivity index (χ3n) is 4.49. The lowest BCUT2D eigenvalue weighted by Crippen LogP contribution is -2.17. The highest BCUT2D eigenvalue weighted by Crippen LogP contribution is 2.29. The average Bonchev–Trinajstić information content (AvgIpc) is 3.20. The molecule has 0 atom stereocenters. The highest BCUT2D eigenvalue weighted by Gasteiger charge is 2.14. The first-order chi connectivity index (χ1) is 15.9. The van der Waals surface area contributed by atoms with E-state index in [0.717, 1.165) is 23.1 Å². The van der Waals surface area contributed by atoms with Crippen molar-refractivity contribution in [2.24, 2.45) is 5.10 Å². The zero-order chi connectivity index (χ0) is 23.8. The van der Waals surface area contributed by atoms with E-state index in [2.05, 4.69) is 26.0 Å². The van der Waals surface area contributed by atoms with E-state index in [9.17, 15) is 4.79 Å². The Balaban J connectivity index is 1.59. The highest BCUT2D eigenvalue weighted by atomic mass is 32.2. The van der Waals surface area contributed by atoms with E-state index < -0.39 is 0 Å². The summed E-state index contributed by atoms with van der Waals surface area (Å²) in [5.74, 6) is 7.93. The van der Waals surface area contributed by atoms with Crippen molar-refractivity contribution in [1.82, 2.24) is 14.9 Å². The first-order valence-corrected chi connectivity index (χ1v) is 10.7. The summed E-state index contributed by atoms with van der Waals surface area (Å²) in [7, 11) is 4.68. The van der Waals surface area contributed by atoms with E-state index in [1.807, 2.05) is 31.2 Å². The molecule has 0 aliphatic rings. The lowest BCUT2D eigenvalue weighted by molar-refractivity contribution is -0.113. The Hall–Kier alpha value is -3.93. The molecule has 0 fully saturated rings. The van der Waals surface area contributed by atoms with Crippen LogP contribution in [0.15, 0.2) is 52.7 Å². The van der Waals surface area contributed by atoms with Crippen molar-refractivity contribution in [3.63, 3.8) is 0 Å². The Morgan fingerprint density at radius 3 is 2.58 bits per heavy atom. The van der Waals surface area contributed by atoms with E-state index in [1.54, 1.807) is 32.4 Å². The van der Waals surface area contributed by atoms with Gasteiger partial charge in [-0.1, -0.05) is 23.9 Å². The number of ether oxygens (including phenoxy) is 3. The maximum absolute atomic E-state index is 12.4. The molecular weight excluding hydrogens is 446 g/mol. The minimum atomic E-state index is -0.257. The number of nitrogen functional groups attached to an aromatic ring is 1. The number of carbonyl (C=O) groups excluding carboxylic acids is 1. The average molecular weight is 472 g/mol. The Kier molecular flexibility index (Phi) is 7.97. The molecule has 4 N–H and O–H groups in total. The Bertz CT molecular complexity index is 1150. The summed E-state index contributed by atoms with van der Waals surface area (Å²) in [6, 6.07) is 12.6. The smallest absolute Gasteiger partial charge is 0.264 e. The molecule has 3 rings (SSSR count). The number of rotatable bonds is 10. The van der Waals surface area contributed by atoms with Gasteiger partial charge in [0.1, 0.15) is 17.2 Å². The van der Waals surface area contributed by atoms with Crippen LogP contribution in [0.4, 0.5) is 11.6 Å². The predicted molar refractivity (Wildman–Crippen MR) is 128 cm³/mol. The molecule has 0 saturated heterocycles. The third kappa shape index (κ3) is 6.07. The molecule has 11 nitrogen and oxygen atoms in total. The molecule has 174 valence electrons. The molecule has 0 aliphatic heterocycles. The summed E-state index contributed by atoms with van der Waals surface area (Å²) < 4.78 is 16.9. The van der Waals surface area contributed by atoms with Gasteiger partial charge in [-0.15, -0.1) is 10.2 Å². The van der Waals surface area contributed by atoms with E-state index in [4.69, 9.17) is 20.1 Å². The predicted octanol–water partition coefficient (Wildman–Crippen LogP) is 2.58. The number of nitrogens with zero attached hydrogens (tertiary/aromatic N) is 4. The SMILES string of the molecule is COc1cccc(/C(C)=N/Nc2nnc(SCC(=O)Nc3ccc(OC)cc3OC)n2N)c1. The van der Waals surface area contributed by atoms with Crippen molar-refractivity contribution in [2.45, 2.75) is 12.1 Å². The number of carbonyl (C=O) groups is 1. The second-order valence-electron chi connectivity index (χ2n) is 6.62. The van der Waals surface area contributed by atoms with Crippen molar-refractivity contribution in [3.05, 3.63) is 48.0 Å². The number of nitrogens with two attached hydrogens (primary N) is 1. The zero-order valence-corrected chi connectivity index (χ0v) is 19.5. The fourth-order valence-electron chi connectivity index (χ4n) is 2.72. The zero-order valence-electron chi connectivity index (χ0n) is 18.7. The second kappa shape index (κ2) is 11.1. The van der Waals surface area contributed by atoms with Crippen molar-refractivity contribution in [3.8, 4) is 17.2 Å². The fraction of sp³-hybridized carbons (Fsp3) is 0.238. The summed E-state index contributed by atoms with van der Waals surface area (Å²) in [6.07, 6.45) is 0. The van der Waals surface area contributed by atoms with Crippen molar-refractivity contribution in [1.29, 1.82) is 0 Å². The molecule has 12 heteroatoms. The third-order valence-corrected chi connectivity index (χ3v) is 5.43. The van der Waals surface area contributed by atoms with Gasteiger partial charge in [-0.3, -0.25) is 4.79 Å². The highest BCUT2D eigenvalue weighted by molar-refractivity contribution is 7.99. The number of thioether (sulfide) groups is 1. The monoisotopic (exact) mass is 471 g/mol. The normalized spacial score (nSPS) is 11.1. The van der Waals surface area contributed by atoms with Gasteiger partial charge < -0.3 is 25.4 Å². The largest absolute Gasteiger partial charge is 0.497 e. The van der Waals surface area contributed by atoms with Crippen LogP contribution < -0.4 is 30.8 Å². The van der Waals surface area contributed by atoms with Crippen LogP contribution in [0.25, 0.3) is 0 Å². The molecule has 1 heterocycles. The standard InChI is InChI=1S/C21H25N7O4S/c1-13(14-6-5-7-15(10-14)30-2)24-25-20-26-27-21(28(20)22)33-12-19(29)23-17-9-8-16(31-3)11-18(17)32-4/h5-11H,12,22H2,1-4H3,(H,23,29)(H,25,26)/b24-13+. The van der Waals surface area contributed by atoms with Gasteiger partial charge in [0.05, 0.1) is 38.5 Å². The van der Waals surface area contributed by atoms with Crippen LogP contribution >= 0.6 is 11.8 Å². The fourth-order valence-corrected chi connectivity index (χ4v) is 3.37. The minimum absolute atomic E-state index is 0.0661. The van der Waals surface area contributed by atoms with Crippen LogP contribution in [0.3, 0.4) is 0 Å². The van der Waals surface area contributed by atoms with Gasteiger partial charge in [0, 0.05) is 11.6 Å². The van der Waals surface area contributed by atoms with Gasteiger partial charge >= 0.3 is 0 Å². The van der Waals surface area contributed by atoms with Gasteiger partial charge in [-0.05, 0) is 31.2 Å². The van der Waals surface area contributed by atoms with Crippen LogP contribution in [0.5, 0.6) is 17.2 Å². The number of nitrogens with one attached hydrogen (secondary N) is 2. The first kappa shape index (κ1) is 23.7. The molecule has 0 radical (unpaired) electrons. The topological polar surface area (TPSA) is 138 Å². The molecule has 0 saturated carbocycles. The van der Waals surface area contributed by atoms with E-state index in [-0.39, 0.29) is 17.6 Å².